The Hall–Kier alpha value is -4.75. The van der Waals surface area contributed by atoms with Crippen LogP contribution in [-0.4, -0.2) is 70.7 Å². The van der Waals surface area contributed by atoms with Crippen LogP contribution in [0.3, 0.4) is 0 Å². The summed E-state index contributed by atoms with van der Waals surface area (Å²) in [7, 11) is 0.979. The number of fused-ring (bicyclic) bond motifs is 1. The number of hydrogen-bond donors (Lipinski definition) is 2. The molecule has 0 unspecified atom stereocenters. The van der Waals surface area contributed by atoms with Gasteiger partial charge in [0.2, 0.25) is 10.0 Å². The largest absolute Gasteiger partial charge is 0.465 e. The Labute approximate surface area is 237 Å². The van der Waals surface area contributed by atoms with E-state index in [1.54, 1.807) is 55.4 Å². The first-order valence-electron chi connectivity index (χ1n) is 12.4. The zero-order valence-electron chi connectivity index (χ0n) is 22.9. The zero-order chi connectivity index (χ0) is 29.9. The van der Waals surface area contributed by atoms with Gasteiger partial charge in [-0.3, -0.25) is 19.2 Å². The van der Waals surface area contributed by atoms with Crippen LogP contribution < -0.4 is 14.9 Å². The molecule has 13 heteroatoms. The molecule has 0 saturated heterocycles. The van der Waals surface area contributed by atoms with E-state index in [1.165, 1.54) is 31.4 Å². The van der Waals surface area contributed by atoms with Gasteiger partial charge in [-0.05, 0) is 43.9 Å². The minimum atomic E-state index is -3.83. The fourth-order valence-electron chi connectivity index (χ4n) is 4.41. The predicted molar refractivity (Wildman–Crippen MR) is 157 cm³/mol. The highest BCUT2D eigenvalue weighted by Crippen LogP contribution is 2.39. The van der Waals surface area contributed by atoms with Gasteiger partial charge in [0, 0.05) is 30.4 Å². The maximum Gasteiger partial charge on any atom is 0.337 e. The number of carbonyl (C=O) groups is 2. The monoisotopic (exact) mass is 579 g/mol. The molecule has 0 fully saturated rings. The van der Waals surface area contributed by atoms with Gasteiger partial charge in [0.1, 0.15) is 5.69 Å². The minimum absolute atomic E-state index is 0.0171. The van der Waals surface area contributed by atoms with Crippen molar-refractivity contribution in [1.29, 1.82) is 0 Å². The first-order chi connectivity index (χ1) is 19.4. The molecule has 2 N–H and O–H groups in total. The van der Waals surface area contributed by atoms with Crippen molar-refractivity contribution in [2.75, 3.05) is 55.5 Å². The molecule has 1 heterocycles. The number of likely N-dealkylation sites (N-methyl/N-ethyl adjacent to an activating group) is 1. The van der Waals surface area contributed by atoms with Crippen molar-refractivity contribution in [3.8, 4) is 0 Å². The maximum atomic E-state index is 13.2. The van der Waals surface area contributed by atoms with Crippen LogP contribution in [0.2, 0.25) is 0 Å². The zero-order valence-corrected chi connectivity index (χ0v) is 23.7. The van der Waals surface area contributed by atoms with Crippen molar-refractivity contribution in [2.24, 2.45) is 0 Å². The smallest absolute Gasteiger partial charge is 0.337 e. The van der Waals surface area contributed by atoms with E-state index in [9.17, 15) is 28.1 Å². The lowest BCUT2D eigenvalue weighted by atomic mass is 9.99. The van der Waals surface area contributed by atoms with Crippen molar-refractivity contribution >= 4 is 55.9 Å². The van der Waals surface area contributed by atoms with Crippen LogP contribution in [0.4, 0.5) is 22.7 Å². The molecule has 1 aliphatic rings. The average Bonchev–Trinajstić information content (AvgIpc) is 3.25. The molecule has 1 amide bonds. The summed E-state index contributed by atoms with van der Waals surface area (Å²) in [5.41, 5.74) is 2.21. The Kier molecular flexibility index (Phi) is 8.40. The third-order valence-electron chi connectivity index (χ3n) is 6.36. The van der Waals surface area contributed by atoms with Gasteiger partial charge >= 0.3 is 5.97 Å². The molecule has 0 bridgehead atoms. The molecule has 0 aromatic heterocycles. The highest BCUT2D eigenvalue weighted by atomic mass is 32.2. The molecule has 0 radical (unpaired) electrons. The summed E-state index contributed by atoms with van der Waals surface area (Å²) >= 11 is 0. The Morgan fingerprint density at radius 1 is 1.02 bits per heavy atom. The van der Waals surface area contributed by atoms with Crippen LogP contribution >= 0.6 is 0 Å². The minimum Gasteiger partial charge on any atom is -0.465 e. The molecule has 4 rings (SSSR count). The van der Waals surface area contributed by atoms with Crippen molar-refractivity contribution in [3.05, 3.63) is 93.5 Å². The molecule has 0 spiro atoms. The summed E-state index contributed by atoms with van der Waals surface area (Å²) in [5, 5.41) is 18.0. The lowest BCUT2D eigenvalue weighted by Crippen LogP contribution is -2.36. The summed E-state index contributed by atoms with van der Waals surface area (Å²) < 4.78 is 30.9. The first-order valence-corrected chi connectivity index (χ1v) is 14.3. The summed E-state index contributed by atoms with van der Waals surface area (Å²) in [4.78, 5) is 38.5. The predicted octanol–water partition coefficient (Wildman–Crippen LogP) is 3.64. The number of nitro groups is 1. The second-order valence-corrected chi connectivity index (χ2v) is 11.5. The summed E-state index contributed by atoms with van der Waals surface area (Å²) in [6, 6.07) is 17.7. The summed E-state index contributed by atoms with van der Waals surface area (Å²) in [6.45, 7) is 0.365. The molecular weight excluding hydrogens is 550 g/mol. The molecule has 0 saturated carbocycles. The van der Waals surface area contributed by atoms with Gasteiger partial charge in [0.15, 0.2) is 0 Å². The van der Waals surface area contributed by atoms with E-state index in [0.29, 0.717) is 29.1 Å². The number of anilines is 3. The van der Waals surface area contributed by atoms with Gasteiger partial charge < -0.3 is 20.3 Å². The van der Waals surface area contributed by atoms with Gasteiger partial charge in [-0.15, -0.1) is 0 Å². The number of nitro benzene ring substituents is 1. The third-order valence-corrected chi connectivity index (χ3v) is 7.54. The number of hydrogen-bond acceptors (Lipinski definition) is 9. The molecular formula is C28H29N5O7S. The number of ether oxygens (including phenoxy) is 1. The van der Waals surface area contributed by atoms with Gasteiger partial charge in [-0.2, -0.15) is 0 Å². The van der Waals surface area contributed by atoms with Crippen molar-refractivity contribution in [2.45, 2.75) is 0 Å². The van der Waals surface area contributed by atoms with E-state index < -0.39 is 32.5 Å². The number of rotatable bonds is 10. The van der Waals surface area contributed by atoms with E-state index in [-0.39, 0.29) is 29.1 Å². The lowest BCUT2D eigenvalue weighted by molar-refractivity contribution is -0.384. The quantitative estimate of drug-likeness (QED) is 0.159. The molecule has 214 valence electrons. The molecule has 1 aliphatic heterocycles. The number of amides is 1. The third kappa shape index (κ3) is 6.36. The maximum absolute atomic E-state index is 13.2. The van der Waals surface area contributed by atoms with E-state index in [0.717, 1.165) is 10.6 Å². The van der Waals surface area contributed by atoms with Crippen LogP contribution in [-0.2, 0) is 19.6 Å². The molecule has 3 aromatic carbocycles. The number of carbonyl (C=O) groups excluding carboxylic acids is 2. The van der Waals surface area contributed by atoms with Gasteiger partial charge in [0.25, 0.3) is 11.6 Å². The second kappa shape index (κ2) is 11.8. The standard InChI is InChI=1S/C28H29N5O7S/c1-31(2)14-15-32(41(4,38)39)23-13-11-20(17-24(23)33(36)37)29-26(18-8-6-5-7-9-18)25-21-12-10-19(28(35)40-3)16-22(21)30-27(25)34/h5-13,16-17,29H,14-15H2,1-4H3,(H,30,34)/b26-25-. The number of esters is 1. The molecule has 0 aliphatic carbocycles. The number of benzene rings is 3. The van der Waals surface area contributed by atoms with Crippen molar-refractivity contribution < 1.29 is 27.7 Å². The Morgan fingerprint density at radius 2 is 1.73 bits per heavy atom. The first kappa shape index (κ1) is 29.2. The molecule has 0 atom stereocenters. The molecule has 12 nitrogen and oxygen atoms in total. The highest BCUT2D eigenvalue weighted by molar-refractivity contribution is 7.92. The van der Waals surface area contributed by atoms with E-state index in [4.69, 9.17) is 4.74 Å². The van der Waals surface area contributed by atoms with Crippen LogP contribution in [0.15, 0.2) is 66.7 Å². The fourth-order valence-corrected chi connectivity index (χ4v) is 5.33. The Morgan fingerprint density at radius 3 is 2.34 bits per heavy atom. The van der Waals surface area contributed by atoms with Gasteiger partial charge in [0.05, 0.1) is 40.8 Å². The van der Waals surface area contributed by atoms with Gasteiger partial charge in [-0.25, -0.2) is 13.2 Å². The van der Waals surface area contributed by atoms with E-state index >= 15 is 0 Å². The van der Waals surface area contributed by atoms with E-state index in [2.05, 4.69) is 10.6 Å². The average molecular weight is 580 g/mol. The normalized spacial score (nSPS) is 13.8. The fraction of sp³-hybridized carbons (Fsp3) is 0.214. The van der Waals surface area contributed by atoms with Crippen LogP contribution in [0.25, 0.3) is 11.3 Å². The topological polar surface area (TPSA) is 151 Å². The van der Waals surface area contributed by atoms with Crippen LogP contribution in [0, 0.1) is 10.1 Å². The van der Waals surface area contributed by atoms with Crippen molar-refractivity contribution in [3.63, 3.8) is 0 Å². The number of methoxy groups -OCH3 is 1. The number of nitrogens with one attached hydrogen (secondary N) is 2. The van der Waals surface area contributed by atoms with Crippen LogP contribution in [0.5, 0.6) is 0 Å². The van der Waals surface area contributed by atoms with Crippen molar-refractivity contribution in [1.82, 2.24) is 4.90 Å². The Balaban J connectivity index is 1.84. The number of sulfonamides is 1. The van der Waals surface area contributed by atoms with E-state index in [1.807, 2.05) is 6.07 Å². The lowest BCUT2D eigenvalue weighted by Gasteiger charge is -2.24. The second-order valence-electron chi connectivity index (χ2n) is 9.55. The number of nitrogens with zero attached hydrogens (tertiary/aromatic N) is 3. The van der Waals surface area contributed by atoms with Crippen LogP contribution in [0.1, 0.15) is 21.5 Å². The highest BCUT2D eigenvalue weighted by Gasteiger charge is 2.31. The molecule has 41 heavy (non-hydrogen) atoms. The van der Waals surface area contributed by atoms with Gasteiger partial charge in [-0.1, -0.05) is 36.4 Å². The SMILES string of the molecule is COC(=O)c1ccc2c(c1)NC(=O)/C2=C(\Nc1ccc(N(CCN(C)C)S(C)(=O)=O)c([N+](=O)[O-])c1)c1ccccc1. The molecule has 3 aromatic rings. The Bertz CT molecular complexity index is 1650. The summed E-state index contributed by atoms with van der Waals surface area (Å²) in [5.74, 6) is -0.992. The summed E-state index contributed by atoms with van der Waals surface area (Å²) in [6.07, 6.45) is 0.998.